The molecule has 0 aromatic heterocycles. The standard InChI is InChI=1S/C14H14Cl2F2N2O4S/c15-10-3-1-2-8(13(10)16)7-20-9(4-5-12(20)22)6-11(21)19-25(23,24)14(17)18/h1-3,9,14H,4-7H2,(H,19,21). The number of sulfonamides is 1. The van der Waals surface area contributed by atoms with E-state index in [1.54, 1.807) is 18.2 Å². The molecule has 25 heavy (non-hydrogen) atoms. The lowest BCUT2D eigenvalue weighted by Crippen LogP contribution is -2.40. The summed E-state index contributed by atoms with van der Waals surface area (Å²) in [5.41, 5.74) is 0.565. The Labute approximate surface area is 153 Å². The molecule has 0 spiro atoms. The average molecular weight is 415 g/mol. The summed E-state index contributed by atoms with van der Waals surface area (Å²) in [5, 5.41) is 0.579. The van der Waals surface area contributed by atoms with Crippen molar-refractivity contribution in [3.8, 4) is 0 Å². The van der Waals surface area contributed by atoms with E-state index in [1.807, 2.05) is 0 Å². The Kier molecular flexibility index (Phi) is 6.23. The molecule has 0 aliphatic carbocycles. The molecule has 1 aromatic carbocycles. The molecule has 1 N–H and O–H groups in total. The molecule has 1 aliphatic rings. The van der Waals surface area contributed by atoms with Gasteiger partial charge in [-0.25, -0.2) is 13.1 Å². The number of benzene rings is 1. The summed E-state index contributed by atoms with van der Waals surface area (Å²) >= 11 is 12.0. The highest BCUT2D eigenvalue weighted by Gasteiger charge is 2.34. The van der Waals surface area contributed by atoms with Crippen LogP contribution in [0.4, 0.5) is 8.78 Å². The van der Waals surface area contributed by atoms with Gasteiger partial charge < -0.3 is 4.90 Å². The summed E-state index contributed by atoms with van der Waals surface area (Å²) < 4.78 is 48.0. The topological polar surface area (TPSA) is 83.6 Å². The molecule has 1 unspecified atom stereocenters. The van der Waals surface area contributed by atoms with Crippen LogP contribution in [0.5, 0.6) is 0 Å². The van der Waals surface area contributed by atoms with Crippen molar-refractivity contribution in [2.75, 3.05) is 0 Å². The van der Waals surface area contributed by atoms with Crippen LogP contribution in [-0.2, 0) is 26.2 Å². The molecule has 11 heteroatoms. The van der Waals surface area contributed by atoms with Crippen molar-refractivity contribution < 1.29 is 26.8 Å². The van der Waals surface area contributed by atoms with Crippen LogP contribution in [0.15, 0.2) is 18.2 Å². The molecule has 6 nitrogen and oxygen atoms in total. The number of nitrogens with one attached hydrogen (secondary N) is 1. The zero-order valence-electron chi connectivity index (χ0n) is 12.7. The molecule has 1 heterocycles. The van der Waals surface area contributed by atoms with E-state index in [1.165, 1.54) is 9.62 Å². The predicted octanol–water partition coefficient (Wildman–Crippen LogP) is 2.54. The number of likely N-dealkylation sites (tertiary alicyclic amines) is 1. The highest BCUT2D eigenvalue weighted by molar-refractivity contribution is 7.90. The first-order chi connectivity index (χ1) is 11.6. The van der Waals surface area contributed by atoms with E-state index >= 15 is 0 Å². The van der Waals surface area contributed by atoms with E-state index in [2.05, 4.69) is 0 Å². The lowest BCUT2D eigenvalue weighted by molar-refractivity contribution is -0.130. The summed E-state index contributed by atoms with van der Waals surface area (Å²) in [4.78, 5) is 25.1. The van der Waals surface area contributed by atoms with Crippen LogP contribution in [-0.4, -0.2) is 36.9 Å². The number of carbonyl (C=O) groups excluding carboxylic acids is 2. The van der Waals surface area contributed by atoms with Crippen LogP contribution in [0.3, 0.4) is 0 Å². The van der Waals surface area contributed by atoms with Gasteiger partial charge in [0, 0.05) is 25.4 Å². The first kappa shape index (κ1) is 19.9. The number of amides is 2. The highest BCUT2D eigenvalue weighted by Crippen LogP contribution is 2.30. The van der Waals surface area contributed by atoms with Crippen molar-refractivity contribution in [2.24, 2.45) is 0 Å². The lowest BCUT2D eigenvalue weighted by Gasteiger charge is -2.25. The van der Waals surface area contributed by atoms with E-state index in [0.29, 0.717) is 17.0 Å². The lowest BCUT2D eigenvalue weighted by atomic mass is 10.1. The third-order valence-corrected chi connectivity index (χ3v) is 5.58. The SMILES string of the molecule is O=C(CC1CCC(=O)N1Cc1cccc(Cl)c1Cl)NS(=O)(=O)C(F)F. The maximum atomic E-state index is 12.3. The Hall–Kier alpha value is -1.45. The minimum absolute atomic E-state index is 0.0811. The summed E-state index contributed by atoms with van der Waals surface area (Å²) in [7, 11) is -5.02. The van der Waals surface area contributed by atoms with E-state index in [9.17, 15) is 26.8 Å². The minimum atomic E-state index is -5.02. The number of alkyl halides is 2. The van der Waals surface area contributed by atoms with Crippen molar-refractivity contribution in [2.45, 2.75) is 37.6 Å². The fourth-order valence-corrected chi connectivity index (χ4v) is 3.41. The number of nitrogens with zero attached hydrogens (tertiary/aromatic N) is 1. The molecule has 138 valence electrons. The van der Waals surface area contributed by atoms with Crippen molar-refractivity contribution >= 4 is 45.0 Å². The van der Waals surface area contributed by atoms with Gasteiger partial charge in [-0.1, -0.05) is 35.3 Å². The van der Waals surface area contributed by atoms with Gasteiger partial charge in [-0.15, -0.1) is 0 Å². The summed E-state index contributed by atoms with van der Waals surface area (Å²) in [6.45, 7) is 0.0811. The maximum absolute atomic E-state index is 12.3. The molecule has 0 radical (unpaired) electrons. The molecular formula is C14H14Cl2F2N2O4S. The van der Waals surface area contributed by atoms with Crippen LogP contribution in [0, 0.1) is 0 Å². The first-order valence-corrected chi connectivity index (χ1v) is 9.47. The van der Waals surface area contributed by atoms with Gasteiger partial charge in [0.05, 0.1) is 10.0 Å². The van der Waals surface area contributed by atoms with Crippen LogP contribution in [0.25, 0.3) is 0 Å². The van der Waals surface area contributed by atoms with Gasteiger partial charge in [-0.05, 0) is 18.1 Å². The van der Waals surface area contributed by atoms with Crippen molar-refractivity contribution in [3.63, 3.8) is 0 Å². The van der Waals surface area contributed by atoms with Crippen LogP contribution < -0.4 is 4.72 Å². The van der Waals surface area contributed by atoms with Gasteiger partial charge in [-0.3, -0.25) is 9.59 Å². The van der Waals surface area contributed by atoms with Crippen molar-refractivity contribution in [1.29, 1.82) is 0 Å². The van der Waals surface area contributed by atoms with Gasteiger partial charge in [0.1, 0.15) is 0 Å². The second kappa shape index (κ2) is 7.84. The normalized spacial score (nSPS) is 18.0. The van der Waals surface area contributed by atoms with Gasteiger partial charge in [-0.2, -0.15) is 8.78 Å². The monoisotopic (exact) mass is 414 g/mol. The fraction of sp³-hybridized carbons (Fsp3) is 0.429. The van der Waals surface area contributed by atoms with Gasteiger partial charge in [0.25, 0.3) is 10.0 Å². The third kappa shape index (κ3) is 4.80. The number of hydrogen-bond donors (Lipinski definition) is 1. The number of hydrogen-bond acceptors (Lipinski definition) is 4. The second-order valence-corrected chi connectivity index (χ2v) is 7.90. The predicted molar refractivity (Wildman–Crippen MR) is 87.7 cm³/mol. The molecule has 1 aliphatic heterocycles. The Morgan fingerprint density at radius 1 is 1.36 bits per heavy atom. The smallest absolute Gasteiger partial charge is 0.335 e. The molecule has 0 bridgehead atoms. The second-order valence-electron chi connectivity index (χ2n) is 5.46. The van der Waals surface area contributed by atoms with Crippen molar-refractivity contribution in [1.82, 2.24) is 9.62 Å². The van der Waals surface area contributed by atoms with Gasteiger partial charge >= 0.3 is 5.76 Å². The maximum Gasteiger partial charge on any atom is 0.355 e. The Morgan fingerprint density at radius 3 is 2.68 bits per heavy atom. The van der Waals surface area contributed by atoms with Gasteiger partial charge in [0.2, 0.25) is 11.8 Å². The van der Waals surface area contributed by atoms with Crippen molar-refractivity contribution in [3.05, 3.63) is 33.8 Å². The molecule has 1 aromatic rings. The van der Waals surface area contributed by atoms with E-state index in [-0.39, 0.29) is 23.9 Å². The zero-order chi connectivity index (χ0) is 18.8. The number of halogens is 4. The molecule has 1 fully saturated rings. The largest absolute Gasteiger partial charge is 0.355 e. The summed E-state index contributed by atoms with van der Waals surface area (Å²) in [6, 6.07) is 4.29. The number of rotatable bonds is 6. The minimum Gasteiger partial charge on any atom is -0.335 e. The summed E-state index contributed by atoms with van der Waals surface area (Å²) in [6.07, 6.45) is 0.0623. The van der Waals surface area contributed by atoms with Crippen LogP contribution >= 0.6 is 23.2 Å². The Bertz CT molecular complexity index is 789. The molecule has 2 amide bonds. The van der Waals surface area contributed by atoms with E-state index in [0.717, 1.165) is 0 Å². The molecule has 1 saturated heterocycles. The molecule has 0 saturated carbocycles. The van der Waals surface area contributed by atoms with Gasteiger partial charge in [0.15, 0.2) is 0 Å². The number of carbonyl (C=O) groups is 2. The first-order valence-electron chi connectivity index (χ1n) is 7.17. The van der Waals surface area contributed by atoms with Crippen LogP contribution in [0.2, 0.25) is 10.0 Å². The Morgan fingerprint density at radius 2 is 2.04 bits per heavy atom. The quantitative estimate of drug-likeness (QED) is 0.774. The Balaban J connectivity index is 2.09. The zero-order valence-corrected chi connectivity index (χ0v) is 15.0. The van der Waals surface area contributed by atoms with E-state index in [4.69, 9.17) is 23.2 Å². The average Bonchev–Trinajstić information content (AvgIpc) is 2.84. The molecule has 2 rings (SSSR count). The summed E-state index contributed by atoms with van der Waals surface area (Å²) in [5.74, 6) is -5.05. The molecule has 1 atom stereocenters. The highest BCUT2D eigenvalue weighted by atomic mass is 35.5. The fourth-order valence-electron chi connectivity index (χ4n) is 2.54. The third-order valence-electron chi connectivity index (χ3n) is 3.74. The van der Waals surface area contributed by atoms with E-state index < -0.39 is 34.2 Å². The van der Waals surface area contributed by atoms with Crippen LogP contribution in [0.1, 0.15) is 24.8 Å². The molecular weight excluding hydrogens is 401 g/mol.